The summed E-state index contributed by atoms with van der Waals surface area (Å²) in [5.74, 6) is 2.56. The van der Waals surface area contributed by atoms with E-state index in [4.69, 9.17) is 4.74 Å². The molecule has 2 saturated heterocycles. The summed E-state index contributed by atoms with van der Waals surface area (Å²) in [5.41, 5.74) is 0. The van der Waals surface area contributed by atoms with Crippen LogP contribution in [-0.2, 0) is 4.74 Å². The highest BCUT2D eigenvalue weighted by Crippen LogP contribution is 2.28. The molecule has 2 fully saturated rings. The van der Waals surface area contributed by atoms with Gasteiger partial charge in [-0.2, -0.15) is 5.10 Å². The maximum atomic E-state index is 11.9. The molecular formula is C14H23N5O2. The quantitative estimate of drug-likeness (QED) is 0.888. The van der Waals surface area contributed by atoms with Crippen molar-refractivity contribution in [1.29, 1.82) is 0 Å². The largest absolute Gasteiger partial charge is 0.381 e. The Balaban J connectivity index is 1.58. The third-order valence-electron chi connectivity index (χ3n) is 4.35. The molecule has 3 rings (SSSR count). The maximum absolute atomic E-state index is 11.9. The number of aromatic amines is 1. The van der Waals surface area contributed by atoms with E-state index >= 15 is 0 Å². The van der Waals surface area contributed by atoms with Crippen LogP contribution in [-0.4, -0.2) is 71.4 Å². The van der Waals surface area contributed by atoms with Crippen molar-refractivity contribution in [2.45, 2.75) is 31.1 Å². The number of carbonyl (C=O) groups excluding carboxylic acids is 1. The summed E-state index contributed by atoms with van der Waals surface area (Å²) in [6.07, 6.45) is 2.89. The molecule has 1 N–H and O–H groups in total. The first-order valence-electron chi connectivity index (χ1n) is 7.61. The molecule has 2 aliphatic heterocycles. The monoisotopic (exact) mass is 293 g/mol. The van der Waals surface area contributed by atoms with Crippen LogP contribution in [0.5, 0.6) is 0 Å². The number of rotatable bonds is 2. The van der Waals surface area contributed by atoms with E-state index in [0.29, 0.717) is 11.8 Å². The standard InChI is InChI=1S/C14H23N5O2/c1-18(2)14(20)19-6-3-10(4-7-19)12-15-13(17-16-12)11-5-8-21-9-11/h10-11H,3-9H2,1-2H3,(H,15,16,17)/t11-/m0/s1. The SMILES string of the molecule is CN(C)C(=O)N1CCC(c2nc([C@H]3CCOC3)n[nH]2)CC1. The summed E-state index contributed by atoms with van der Waals surface area (Å²) in [6, 6.07) is 0.0924. The average molecular weight is 293 g/mol. The second-order valence-corrected chi connectivity index (χ2v) is 6.08. The van der Waals surface area contributed by atoms with Crippen LogP contribution in [0.4, 0.5) is 4.79 Å². The minimum absolute atomic E-state index is 0.0924. The molecule has 21 heavy (non-hydrogen) atoms. The zero-order valence-corrected chi connectivity index (χ0v) is 12.7. The van der Waals surface area contributed by atoms with Gasteiger partial charge in [0.25, 0.3) is 0 Å². The fourth-order valence-corrected chi connectivity index (χ4v) is 3.02. The lowest BCUT2D eigenvalue weighted by molar-refractivity contribution is 0.155. The molecule has 0 aromatic carbocycles. The molecule has 3 heterocycles. The molecule has 2 amide bonds. The van der Waals surface area contributed by atoms with Gasteiger partial charge in [0, 0.05) is 45.6 Å². The number of amides is 2. The van der Waals surface area contributed by atoms with E-state index in [2.05, 4.69) is 15.2 Å². The average Bonchev–Trinajstić information content (AvgIpc) is 3.17. The summed E-state index contributed by atoms with van der Waals surface area (Å²) in [6.45, 7) is 3.10. The third-order valence-corrected chi connectivity index (χ3v) is 4.35. The van der Waals surface area contributed by atoms with Gasteiger partial charge in [0.15, 0.2) is 5.82 Å². The Hall–Kier alpha value is -1.63. The number of likely N-dealkylation sites (tertiary alicyclic amines) is 1. The highest BCUT2D eigenvalue weighted by atomic mass is 16.5. The van der Waals surface area contributed by atoms with Crippen LogP contribution in [0.2, 0.25) is 0 Å². The molecule has 0 aliphatic carbocycles. The van der Waals surface area contributed by atoms with E-state index in [1.54, 1.807) is 19.0 Å². The predicted molar refractivity (Wildman–Crippen MR) is 77.2 cm³/mol. The van der Waals surface area contributed by atoms with Gasteiger partial charge in [-0.1, -0.05) is 0 Å². The van der Waals surface area contributed by atoms with Crippen LogP contribution >= 0.6 is 0 Å². The molecule has 7 nitrogen and oxygen atoms in total. The molecular weight excluding hydrogens is 270 g/mol. The lowest BCUT2D eigenvalue weighted by Gasteiger charge is -2.32. The summed E-state index contributed by atoms with van der Waals surface area (Å²) in [4.78, 5) is 20.1. The number of nitrogens with one attached hydrogen (secondary N) is 1. The van der Waals surface area contributed by atoms with Crippen molar-refractivity contribution in [2.75, 3.05) is 40.4 Å². The highest BCUT2D eigenvalue weighted by Gasteiger charge is 2.28. The first-order valence-corrected chi connectivity index (χ1v) is 7.61. The van der Waals surface area contributed by atoms with E-state index in [1.807, 2.05) is 4.90 Å². The van der Waals surface area contributed by atoms with Crippen LogP contribution in [0.25, 0.3) is 0 Å². The molecule has 1 aromatic rings. The molecule has 1 atom stereocenters. The Labute approximate surface area is 124 Å². The second-order valence-electron chi connectivity index (χ2n) is 6.08. The van der Waals surface area contributed by atoms with Gasteiger partial charge in [0.1, 0.15) is 5.82 Å². The van der Waals surface area contributed by atoms with Crippen LogP contribution in [0.1, 0.15) is 42.7 Å². The molecule has 0 saturated carbocycles. The van der Waals surface area contributed by atoms with Gasteiger partial charge < -0.3 is 14.5 Å². The number of hydrogen-bond donors (Lipinski definition) is 1. The minimum atomic E-state index is 0.0924. The number of carbonyl (C=O) groups is 1. The van der Waals surface area contributed by atoms with Gasteiger partial charge in [-0.15, -0.1) is 0 Å². The molecule has 0 bridgehead atoms. The molecule has 0 radical (unpaired) electrons. The molecule has 7 heteroatoms. The van der Waals surface area contributed by atoms with E-state index < -0.39 is 0 Å². The van der Waals surface area contributed by atoms with Gasteiger partial charge in [0.2, 0.25) is 0 Å². The number of hydrogen-bond acceptors (Lipinski definition) is 4. The van der Waals surface area contributed by atoms with E-state index in [-0.39, 0.29) is 6.03 Å². The van der Waals surface area contributed by atoms with Gasteiger partial charge in [0.05, 0.1) is 6.61 Å². The van der Waals surface area contributed by atoms with Gasteiger partial charge in [-0.05, 0) is 19.3 Å². The molecule has 0 unspecified atom stereocenters. The summed E-state index contributed by atoms with van der Waals surface area (Å²) in [5, 5.41) is 7.44. The fourth-order valence-electron chi connectivity index (χ4n) is 3.02. The highest BCUT2D eigenvalue weighted by molar-refractivity contribution is 5.73. The van der Waals surface area contributed by atoms with E-state index in [0.717, 1.165) is 57.2 Å². The van der Waals surface area contributed by atoms with Crippen molar-refractivity contribution in [3.63, 3.8) is 0 Å². The third kappa shape index (κ3) is 3.02. The fraction of sp³-hybridized carbons (Fsp3) is 0.786. The van der Waals surface area contributed by atoms with Crippen molar-refractivity contribution in [1.82, 2.24) is 25.0 Å². The molecule has 2 aliphatic rings. The number of piperidine rings is 1. The zero-order valence-electron chi connectivity index (χ0n) is 12.7. The summed E-state index contributed by atoms with van der Waals surface area (Å²) >= 11 is 0. The van der Waals surface area contributed by atoms with Gasteiger partial charge in [-0.25, -0.2) is 9.78 Å². The topological polar surface area (TPSA) is 74.3 Å². The van der Waals surface area contributed by atoms with Crippen molar-refractivity contribution < 1.29 is 9.53 Å². The van der Waals surface area contributed by atoms with Crippen LogP contribution < -0.4 is 0 Å². The first-order chi connectivity index (χ1) is 10.1. The van der Waals surface area contributed by atoms with Gasteiger partial charge >= 0.3 is 6.03 Å². The summed E-state index contributed by atoms with van der Waals surface area (Å²) in [7, 11) is 3.58. The van der Waals surface area contributed by atoms with E-state index in [9.17, 15) is 4.79 Å². The second kappa shape index (κ2) is 6.01. The smallest absolute Gasteiger partial charge is 0.319 e. The van der Waals surface area contributed by atoms with Crippen molar-refractivity contribution in [3.8, 4) is 0 Å². The number of aromatic nitrogens is 3. The number of urea groups is 1. The number of H-pyrrole nitrogens is 1. The molecule has 116 valence electrons. The number of ether oxygens (including phenoxy) is 1. The van der Waals surface area contributed by atoms with Crippen LogP contribution in [0.3, 0.4) is 0 Å². The number of nitrogens with zero attached hydrogens (tertiary/aromatic N) is 4. The van der Waals surface area contributed by atoms with Crippen molar-refractivity contribution >= 4 is 6.03 Å². The Bertz CT molecular complexity index is 487. The van der Waals surface area contributed by atoms with Crippen molar-refractivity contribution in [3.05, 3.63) is 11.6 Å². The predicted octanol–water partition coefficient (Wildman–Crippen LogP) is 1.17. The van der Waals surface area contributed by atoms with E-state index in [1.165, 1.54) is 0 Å². The van der Waals surface area contributed by atoms with Crippen LogP contribution in [0, 0.1) is 0 Å². The maximum Gasteiger partial charge on any atom is 0.319 e. The van der Waals surface area contributed by atoms with Gasteiger partial charge in [-0.3, -0.25) is 5.10 Å². The Morgan fingerprint density at radius 3 is 2.67 bits per heavy atom. The minimum Gasteiger partial charge on any atom is -0.381 e. The normalized spacial score (nSPS) is 23.5. The lowest BCUT2D eigenvalue weighted by atomic mass is 9.96. The molecule has 0 spiro atoms. The Morgan fingerprint density at radius 1 is 1.29 bits per heavy atom. The first kappa shape index (κ1) is 14.3. The van der Waals surface area contributed by atoms with Crippen molar-refractivity contribution in [2.24, 2.45) is 0 Å². The zero-order chi connectivity index (χ0) is 14.8. The Kier molecular flexibility index (Phi) is 4.10. The molecule has 1 aromatic heterocycles. The summed E-state index contributed by atoms with van der Waals surface area (Å²) < 4.78 is 5.39. The Morgan fingerprint density at radius 2 is 2.05 bits per heavy atom. The lowest BCUT2D eigenvalue weighted by Crippen LogP contribution is -2.43. The van der Waals surface area contributed by atoms with Crippen LogP contribution in [0.15, 0.2) is 0 Å².